The van der Waals surface area contributed by atoms with Crippen LogP contribution in [0.1, 0.15) is 18.1 Å². The van der Waals surface area contributed by atoms with Gasteiger partial charge >= 0.3 is 0 Å². The molecule has 0 atom stereocenters. The van der Waals surface area contributed by atoms with Crippen molar-refractivity contribution in [1.29, 1.82) is 0 Å². The highest BCUT2D eigenvalue weighted by Crippen LogP contribution is 2.22. The van der Waals surface area contributed by atoms with Crippen molar-refractivity contribution < 1.29 is 10.2 Å². The molecule has 0 aliphatic carbocycles. The van der Waals surface area contributed by atoms with Crippen LogP contribution in [0.5, 0.6) is 11.5 Å². The zero-order valence-electron chi connectivity index (χ0n) is 10.7. The van der Waals surface area contributed by atoms with E-state index in [2.05, 4.69) is 31.2 Å². The van der Waals surface area contributed by atoms with Gasteiger partial charge in [0.25, 0.3) is 0 Å². The Morgan fingerprint density at radius 3 is 2.05 bits per heavy atom. The summed E-state index contributed by atoms with van der Waals surface area (Å²) in [6.07, 6.45) is 3.82. The van der Waals surface area contributed by atoms with E-state index in [0.29, 0.717) is 0 Å². The summed E-state index contributed by atoms with van der Waals surface area (Å²) < 4.78 is 0. The second-order valence-corrected chi connectivity index (χ2v) is 5.46. The van der Waals surface area contributed by atoms with Crippen LogP contribution in [0.4, 0.5) is 0 Å². The highest BCUT2D eigenvalue weighted by atomic mass is 32.2. The minimum Gasteiger partial charge on any atom is -0.508 e. The van der Waals surface area contributed by atoms with Gasteiger partial charge in [-0.25, -0.2) is 0 Å². The summed E-state index contributed by atoms with van der Waals surface area (Å²) in [5.41, 5.74) is 1.85. The molecule has 0 saturated carbocycles. The SMILES string of the molecule is CCSc1ccc(C=Cc2cc(O)cc(O)c2)cc1. The van der Waals surface area contributed by atoms with Crippen LogP contribution in [0.3, 0.4) is 0 Å². The molecule has 0 bridgehead atoms. The first-order valence-corrected chi connectivity index (χ1v) is 7.10. The van der Waals surface area contributed by atoms with Gasteiger partial charge in [-0.2, -0.15) is 0 Å². The lowest BCUT2D eigenvalue weighted by Gasteiger charge is -2.00. The van der Waals surface area contributed by atoms with Gasteiger partial charge in [-0.3, -0.25) is 0 Å². The molecule has 0 saturated heterocycles. The summed E-state index contributed by atoms with van der Waals surface area (Å²) in [7, 11) is 0. The topological polar surface area (TPSA) is 40.5 Å². The Labute approximate surface area is 117 Å². The van der Waals surface area contributed by atoms with Crippen molar-refractivity contribution >= 4 is 23.9 Å². The van der Waals surface area contributed by atoms with Gasteiger partial charge in [0.05, 0.1) is 0 Å². The summed E-state index contributed by atoms with van der Waals surface area (Å²) >= 11 is 1.81. The lowest BCUT2D eigenvalue weighted by Crippen LogP contribution is -1.76. The number of phenolic OH excluding ortho intramolecular Hbond substituents is 2. The van der Waals surface area contributed by atoms with Gasteiger partial charge in [0.1, 0.15) is 11.5 Å². The third-order valence-electron chi connectivity index (χ3n) is 2.58. The number of hydrogen-bond donors (Lipinski definition) is 2. The van der Waals surface area contributed by atoms with E-state index in [4.69, 9.17) is 0 Å². The molecule has 0 aliphatic rings. The first-order valence-electron chi connectivity index (χ1n) is 6.11. The molecule has 0 unspecified atom stereocenters. The van der Waals surface area contributed by atoms with E-state index in [1.807, 2.05) is 23.9 Å². The van der Waals surface area contributed by atoms with Gasteiger partial charge in [0, 0.05) is 11.0 Å². The maximum absolute atomic E-state index is 9.39. The van der Waals surface area contributed by atoms with E-state index in [1.165, 1.54) is 11.0 Å². The molecule has 0 fully saturated rings. The van der Waals surface area contributed by atoms with Crippen LogP contribution in [0.2, 0.25) is 0 Å². The zero-order chi connectivity index (χ0) is 13.7. The van der Waals surface area contributed by atoms with Crippen LogP contribution >= 0.6 is 11.8 Å². The molecule has 2 aromatic carbocycles. The summed E-state index contributed by atoms with van der Waals surface area (Å²) in [6, 6.07) is 12.8. The first kappa shape index (κ1) is 13.6. The number of phenols is 2. The predicted octanol–water partition coefficient (Wildman–Crippen LogP) is 4.38. The zero-order valence-corrected chi connectivity index (χ0v) is 11.5. The highest BCUT2D eigenvalue weighted by molar-refractivity contribution is 7.99. The largest absolute Gasteiger partial charge is 0.508 e. The average Bonchev–Trinajstić information content (AvgIpc) is 2.37. The second-order valence-electron chi connectivity index (χ2n) is 4.12. The van der Waals surface area contributed by atoms with Crippen molar-refractivity contribution in [1.82, 2.24) is 0 Å². The Kier molecular flexibility index (Phi) is 4.53. The molecule has 0 amide bonds. The van der Waals surface area contributed by atoms with E-state index in [1.54, 1.807) is 12.1 Å². The molecule has 2 nitrogen and oxygen atoms in total. The van der Waals surface area contributed by atoms with Crippen LogP contribution < -0.4 is 0 Å². The van der Waals surface area contributed by atoms with Crippen molar-refractivity contribution in [3.63, 3.8) is 0 Å². The van der Waals surface area contributed by atoms with Gasteiger partial charge in [-0.05, 0) is 41.1 Å². The van der Waals surface area contributed by atoms with Crippen molar-refractivity contribution in [3.05, 3.63) is 53.6 Å². The molecule has 0 heterocycles. The van der Waals surface area contributed by atoms with E-state index in [0.717, 1.165) is 16.9 Å². The van der Waals surface area contributed by atoms with Crippen LogP contribution in [-0.2, 0) is 0 Å². The lowest BCUT2D eigenvalue weighted by atomic mass is 10.1. The summed E-state index contributed by atoms with van der Waals surface area (Å²) in [5.74, 6) is 1.20. The molecular weight excluding hydrogens is 256 g/mol. The van der Waals surface area contributed by atoms with Gasteiger partial charge in [0.15, 0.2) is 0 Å². The van der Waals surface area contributed by atoms with Gasteiger partial charge < -0.3 is 10.2 Å². The summed E-state index contributed by atoms with van der Waals surface area (Å²) in [5, 5.41) is 18.8. The molecule has 0 radical (unpaired) electrons. The average molecular weight is 272 g/mol. The van der Waals surface area contributed by atoms with E-state index < -0.39 is 0 Å². The maximum Gasteiger partial charge on any atom is 0.119 e. The molecule has 0 spiro atoms. The fourth-order valence-electron chi connectivity index (χ4n) is 1.75. The Morgan fingerprint density at radius 1 is 0.895 bits per heavy atom. The molecule has 0 aromatic heterocycles. The molecule has 0 aliphatic heterocycles. The standard InChI is InChI=1S/C16H16O2S/c1-2-19-16-7-5-12(6-8-16)3-4-13-9-14(17)11-15(18)10-13/h3-11,17-18H,2H2,1H3. The van der Waals surface area contributed by atoms with E-state index in [-0.39, 0.29) is 11.5 Å². The Hall–Kier alpha value is -1.87. The Bertz CT molecular complexity index is 554. The normalized spacial score (nSPS) is 11.0. The van der Waals surface area contributed by atoms with Gasteiger partial charge in [-0.1, -0.05) is 31.2 Å². The van der Waals surface area contributed by atoms with Gasteiger partial charge in [-0.15, -0.1) is 11.8 Å². The minimum atomic E-state index is 0.0642. The van der Waals surface area contributed by atoms with Gasteiger partial charge in [0.2, 0.25) is 0 Å². The smallest absolute Gasteiger partial charge is 0.119 e. The summed E-state index contributed by atoms with van der Waals surface area (Å²) in [4.78, 5) is 1.26. The number of aromatic hydroxyl groups is 2. The second kappa shape index (κ2) is 6.34. The minimum absolute atomic E-state index is 0.0642. The van der Waals surface area contributed by atoms with Crippen LogP contribution in [0.25, 0.3) is 12.2 Å². The number of hydrogen-bond acceptors (Lipinski definition) is 3. The van der Waals surface area contributed by atoms with Crippen LogP contribution in [0, 0.1) is 0 Å². The number of rotatable bonds is 4. The third-order valence-corrected chi connectivity index (χ3v) is 3.48. The molecule has 19 heavy (non-hydrogen) atoms. The van der Waals surface area contributed by atoms with E-state index >= 15 is 0 Å². The Balaban J connectivity index is 2.13. The van der Waals surface area contributed by atoms with Crippen molar-refractivity contribution in [2.45, 2.75) is 11.8 Å². The molecule has 98 valence electrons. The maximum atomic E-state index is 9.39. The first-order chi connectivity index (χ1) is 9.17. The highest BCUT2D eigenvalue weighted by Gasteiger charge is 1.96. The van der Waals surface area contributed by atoms with E-state index in [9.17, 15) is 10.2 Å². The quantitative estimate of drug-likeness (QED) is 0.641. The molecule has 2 aromatic rings. The van der Waals surface area contributed by atoms with Crippen molar-refractivity contribution in [3.8, 4) is 11.5 Å². The summed E-state index contributed by atoms with van der Waals surface area (Å²) in [6.45, 7) is 2.13. The number of benzene rings is 2. The van der Waals surface area contributed by atoms with Crippen molar-refractivity contribution in [2.75, 3.05) is 5.75 Å². The molecule has 3 heteroatoms. The molecular formula is C16H16O2S. The molecule has 2 N–H and O–H groups in total. The monoisotopic (exact) mass is 272 g/mol. The Morgan fingerprint density at radius 2 is 1.47 bits per heavy atom. The lowest BCUT2D eigenvalue weighted by molar-refractivity contribution is 0.450. The fourth-order valence-corrected chi connectivity index (χ4v) is 2.41. The fraction of sp³-hybridized carbons (Fsp3) is 0.125. The van der Waals surface area contributed by atoms with Crippen LogP contribution in [-0.4, -0.2) is 16.0 Å². The van der Waals surface area contributed by atoms with Crippen molar-refractivity contribution in [2.24, 2.45) is 0 Å². The van der Waals surface area contributed by atoms with Crippen LogP contribution in [0.15, 0.2) is 47.4 Å². The molecule has 2 rings (SSSR count). The number of thioether (sulfide) groups is 1. The predicted molar refractivity (Wildman–Crippen MR) is 81.5 cm³/mol. The third kappa shape index (κ3) is 4.07.